The minimum atomic E-state index is 0. The molecule has 3 heterocycles. The molecule has 1 nitrogen and oxygen atoms in total. The number of piperidine rings is 3. The summed E-state index contributed by atoms with van der Waals surface area (Å²) in [5, 5.41) is 0. The summed E-state index contributed by atoms with van der Waals surface area (Å²) < 4.78 is 0. The second-order valence-corrected chi connectivity index (χ2v) is 3.62. The van der Waals surface area contributed by atoms with Crippen LogP contribution in [0.4, 0.5) is 0 Å². The Morgan fingerprint density at radius 2 is 1.80 bits per heavy atom. The summed E-state index contributed by atoms with van der Waals surface area (Å²) in [5.74, 6) is 2.07. The molecule has 3 fully saturated rings. The minimum Gasteiger partial charge on any atom is -0.303 e. The van der Waals surface area contributed by atoms with Crippen molar-refractivity contribution in [1.82, 2.24) is 4.90 Å². The summed E-state index contributed by atoms with van der Waals surface area (Å²) in [6.07, 6.45) is 2.95. The Morgan fingerprint density at radius 3 is 2.00 bits per heavy atom. The summed E-state index contributed by atoms with van der Waals surface area (Å²) in [4.78, 5) is 2.60. The van der Waals surface area contributed by atoms with Gasteiger partial charge in [0.15, 0.2) is 0 Å². The fourth-order valence-electron chi connectivity index (χ4n) is 2.26. The van der Waals surface area contributed by atoms with E-state index >= 15 is 0 Å². The molecule has 1 atom stereocenters. The van der Waals surface area contributed by atoms with E-state index in [1.807, 2.05) is 0 Å². The molecule has 0 spiro atoms. The third-order valence-electron chi connectivity index (χ3n) is 2.98. The third-order valence-corrected chi connectivity index (χ3v) is 2.98. The fourth-order valence-corrected chi connectivity index (χ4v) is 2.26. The molecule has 0 aliphatic carbocycles. The number of fused-ring (bicyclic) bond motifs is 3. The maximum atomic E-state index is 2.60. The van der Waals surface area contributed by atoms with Crippen molar-refractivity contribution in [3.05, 3.63) is 0 Å². The van der Waals surface area contributed by atoms with E-state index < -0.39 is 0 Å². The van der Waals surface area contributed by atoms with E-state index in [1.165, 1.54) is 32.5 Å². The summed E-state index contributed by atoms with van der Waals surface area (Å²) in [6.45, 7) is 6.55. The van der Waals surface area contributed by atoms with Gasteiger partial charge in [-0.05, 0) is 37.8 Å². The first-order chi connectivity index (χ1) is 4.36. The monoisotopic (exact) mass is 159 g/mol. The largest absolute Gasteiger partial charge is 0.303 e. The summed E-state index contributed by atoms with van der Waals surface area (Å²) in [6, 6.07) is 0. The minimum absolute atomic E-state index is 0. The van der Waals surface area contributed by atoms with E-state index in [-0.39, 0.29) is 13.5 Å². The van der Waals surface area contributed by atoms with Crippen molar-refractivity contribution < 1.29 is 0 Å². The van der Waals surface area contributed by atoms with Crippen molar-refractivity contribution in [2.45, 2.75) is 19.8 Å². The van der Waals surface area contributed by atoms with Crippen molar-refractivity contribution in [2.24, 2.45) is 11.8 Å². The van der Waals surface area contributed by atoms with Crippen molar-refractivity contribution >= 4 is 13.5 Å². The van der Waals surface area contributed by atoms with Gasteiger partial charge in [-0.25, -0.2) is 0 Å². The standard InChI is InChI=1S/C8H15N.H2S/c1-7-6-9-4-2-8(7)3-5-9;/h7-8H,2-6H2,1H3;1H2/t7-;/m1./s1. The zero-order chi connectivity index (χ0) is 6.27. The van der Waals surface area contributed by atoms with Gasteiger partial charge >= 0.3 is 0 Å². The molecule has 3 rings (SSSR count). The predicted octanol–water partition coefficient (Wildman–Crippen LogP) is 1.46. The highest BCUT2D eigenvalue weighted by Gasteiger charge is 2.30. The molecule has 0 radical (unpaired) electrons. The Bertz CT molecular complexity index is 108. The molecule has 2 bridgehead atoms. The Balaban J connectivity index is 0.000000500. The van der Waals surface area contributed by atoms with Crippen molar-refractivity contribution in [3.8, 4) is 0 Å². The Kier molecular flexibility index (Phi) is 2.64. The van der Waals surface area contributed by atoms with Crippen molar-refractivity contribution in [1.29, 1.82) is 0 Å². The zero-order valence-corrected chi connectivity index (χ0v) is 7.64. The Morgan fingerprint density at radius 1 is 1.20 bits per heavy atom. The quantitative estimate of drug-likeness (QED) is 0.517. The van der Waals surface area contributed by atoms with Gasteiger partial charge in [-0.1, -0.05) is 6.92 Å². The van der Waals surface area contributed by atoms with Gasteiger partial charge in [-0.2, -0.15) is 13.5 Å². The number of hydrogen-bond donors (Lipinski definition) is 0. The lowest BCUT2D eigenvalue weighted by atomic mass is 9.80. The molecule has 0 saturated carbocycles. The second-order valence-electron chi connectivity index (χ2n) is 3.62. The molecule has 0 aromatic carbocycles. The molecule has 60 valence electrons. The van der Waals surface area contributed by atoms with Gasteiger partial charge in [-0.15, -0.1) is 0 Å². The molecule has 3 aliphatic rings. The SMILES string of the molecule is C[C@@H]1CN2CCC1CC2.S. The lowest BCUT2D eigenvalue weighted by molar-refractivity contribution is 0.0603. The maximum absolute atomic E-state index is 2.60. The highest BCUT2D eigenvalue weighted by Crippen LogP contribution is 2.31. The molecular weight excluding hydrogens is 142 g/mol. The van der Waals surface area contributed by atoms with Crippen molar-refractivity contribution in [2.75, 3.05) is 19.6 Å². The van der Waals surface area contributed by atoms with Crippen LogP contribution in [0.25, 0.3) is 0 Å². The third kappa shape index (κ3) is 1.32. The second kappa shape index (κ2) is 3.14. The first-order valence-corrected chi connectivity index (χ1v) is 4.08. The average molecular weight is 159 g/mol. The molecule has 3 aliphatic heterocycles. The Labute approximate surface area is 70.2 Å². The van der Waals surface area contributed by atoms with Crippen LogP contribution in [0.1, 0.15) is 19.8 Å². The molecule has 0 unspecified atom stereocenters. The van der Waals surface area contributed by atoms with E-state index in [0.717, 1.165) is 11.8 Å². The van der Waals surface area contributed by atoms with Gasteiger partial charge in [-0.3, -0.25) is 0 Å². The van der Waals surface area contributed by atoms with Crippen LogP contribution < -0.4 is 0 Å². The average Bonchev–Trinajstić information content (AvgIpc) is 1.90. The fraction of sp³-hybridized carbons (Fsp3) is 1.00. The van der Waals surface area contributed by atoms with Gasteiger partial charge < -0.3 is 4.90 Å². The first-order valence-electron chi connectivity index (χ1n) is 4.08. The molecule has 0 N–H and O–H groups in total. The van der Waals surface area contributed by atoms with E-state index in [9.17, 15) is 0 Å². The van der Waals surface area contributed by atoms with Crippen molar-refractivity contribution in [3.63, 3.8) is 0 Å². The van der Waals surface area contributed by atoms with Crippen LogP contribution in [0.5, 0.6) is 0 Å². The van der Waals surface area contributed by atoms with Crippen LogP contribution in [0.15, 0.2) is 0 Å². The van der Waals surface area contributed by atoms with E-state index in [4.69, 9.17) is 0 Å². The lowest BCUT2D eigenvalue weighted by Crippen LogP contribution is -2.46. The summed E-state index contributed by atoms with van der Waals surface area (Å²) in [7, 11) is 0. The van der Waals surface area contributed by atoms with Crippen LogP contribution in [0, 0.1) is 11.8 Å². The normalized spacial score (nSPS) is 44.7. The number of rotatable bonds is 0. The van der Waals surface area contributed by atoms with E-state index in [0.29, 0.717) is 0 Å². The van der Waals surface area contributed by atoms with E-state index in [1.54, 1.807) is 0 Å². The van der Waals surface area contributed by atoms with Gasteiger partial charge in [0.1, 0.15) is 0 Å². The molecule has 0 amide bonds. The molecule has 0 aromatic heterocycles. The van der Waals surface area contributed by atoms with E-state index in [2.05, 4.69) is 11.8 Å². The first kappa shape index (κ1) is 8.41. The number of nitrogens with zero attached hydrogens (tertiary/aromatic N) is 1. The summed E-state index contributed by atoms with van der Waals surface area (Å²) >= 11 is 0. The smallest absolute Gasteiger partial charge is 0.000968 e. The molecule has 3 saturated heterocycles. The lowest BCUT2D eigenvalue weighted by Gasteiger charge is -2.43. The highest BCUT2D eigenvalue weighted by atomic mass is 32.1. The van der Waals surface area contributed by atoms with Gasteiger partial charge in [0.25, 0.3) is 0 Å². The van der Waals surface area contributed by atoms with Crippen LogP contribution >= 0.6 is 13.5 Å². The molecule has 10 heavy (non-hydrogen) atoms. The van der Waals surface area contributed by atoms with Crippen LogP contribution in [0.2, 0.25) is 0 Å². The topological polar surface area (TPSA) is 3.24 Å². The van der Waals surface area contributed by atoms with Gasteiger partial charge in [0.2, 0.25) is 0 Å². The maximum Gasteiger partial charge on any atom is 0.000968 e. The van der Waals surface area contributed by atoms with Crippen LogP contribution in [0.3, 0.4) is 0 Å². The number of hydrogen-bond acceptors (Lipinski definition) is 1. The van der Waals surface area contributed by atoms with Crippen LogP contribution in [-0.2, 0) is 0 Å². The zero-order valence-electron chi connectivity index (χ0n) is 6.64. The molecular formula is C8H17NS. The highest BCUT2D eigenvalue weighted by molar-refractivity contribution is 7.59. The molecule has 0 aromatic rings. The Hall–Kier alpha value is 0.310. The van der Waals surface area contributed by atoms with Crippen LogP contribution in [-0.4, -0.2) is 24.5 Å². The van der Waals surface area contributed by atoms with Gasteiger partial charge in [0.05, 0.1) is 0 Å². The molecule has 2 heteroatoms. The predicted molar refractivity (Wildman–Crippen MR) is 48.7 cm³/mol. The summed E-state index contributed by atoms with van der Waals surface area (Å²) in [5.41, 5.74) is 0. The van der Waals surface area contributed by atoms with Gasteiger partial charge in [0, 0.05) is 6.54 Å².